The molecule has 0 radical (unpaired) electrons. The summed E-state index contributed by atoms with van der Waals surface area (Å²) in [4.78, 5) is 39.1. The number of benzene rings is 3. The molecule has 0 saturated carbocycles. The van der Waals surface area contributed by atoms with Gasteiger partial charge in [0.05, 0.1) is 12.2 Å². The maximum absolute atomic E-state index is 13.7. The van der Waals surface area contributed by atoms with Crippen molar-refractivity contribution >= 4 is 17.5 Å². The second-order valence-corrected chi connectivity index (χ2v) is 7.79. The molecule has 0 spiro atoms. The van der Waals surface area contributed by atoms with Crippen LogP contribution < -0.4 is 16.6 Å². The molecule has 0 atom stereocenters. The monoisotopic (exact) mass is 482 g/mol. The molecule has 0 unspecified atom stereocenters. The summed E-state index contributed by atoms with van der Waals surface area (Å²) >= 11 is 6.04. The van der Waals surface area contributed by atoms with Gasteiger partial charge >= 0.3 is 5.69 Å². The summed E-state index contributed by atoms with van der Waals surface area (Å²) in [6.07, 6.45) is 0. The van der Waals surface area contributed by atoms with Crippen molar-refractivity contribution in [3.05, 3.63) is 127 Å². The number of carbonyl (C=O) groups excluding carboxylic acids is 1. The molecule has 0 bridgehead atoms. The largest absolute Gasteiger partial charge is 0.352 e. The Hall–Kier alpha value is -4.11. The van der Waals surface area contributed by atoms with Gasteiger partial charge in [0.2, 0.25) is 5.69 Å². The standard InChI is InChI=1S/C24H17ClF2N4O3/c25-17-4-2-6-20(12-17)31-24(34)30(14-16-3-1-5-19(27)11-16)23(33)21(29-31)22(32)28-13-15-7-9-18(26)10-8-15/h1-12H,13-14H2,(H,28,32). The van der Waals surface area contributed by atoms with Crippen LogP contribution in [0, 0.1) is 11.6 Å². The number of nitrogens with zero attached hydrogens (tertiary/aromatic N) is 3. The molecular weight excluding hydrogens is 466 g/mol. The van der Waals surface area contributed by atoms with E-state index in [1.165, 1.54) is 54.6 Å². The Labute approximate surface area is 196 Å². The summed E-state index contributed by atoms with van der Waals surface area (Å²) in [5, 5.41) is 6.86. The summed E-state index contributed by atoms with van der Waals surface area (Å²) in [6, 6.07) is 17.0. The Morgan fingerprint density at radius 2 is 1.65 bits per heavy atom. The molecule has 1 N–H and O–H groups in total. The number of rotatable bonds is 6. The third-order valence-corrected chi connectivity index (χ3v) is 5.16. The second-order valence-electron chi connectivity index (χ2n) is 7.35. The van der Waals surface area contributed by atoms with Crippen molar-refractivity contribution in [2.24, 2.45) is 0 Å². The average molecular weight is 483 g/mol. The second kappa shape index (κ2) is 9.80. The molecule has 34 heavy (non-hydrogen) atoms. The first kappa shape index (κ1) is 23.1. The van der Waals surface area contributed by atoms with Gasteiger partial charge in [-0.2, -0.15) is 9.78 Å². The van der Waals surface area contributed by atoms with Crippen LogP contribution in [0.1, 0.15) is 21.6 Å². The molecule has 0 aliphatic heterocycles. The van der Waals surface area contributed by atoms with Crippen LogP contribution in [0.15, 0.2) is 82.4 Å². The molecular formula is C24H17ClF2N4O3. The third-order valence-electron chi connectivity index (χ3n) is 4.92. The maximum atomic E-state index is 13.7. The number of halogens is 3. The van der Waals surface area contributed by atoms with Gasteiger partial charge in [-0.05, 0) is 53.6 Å². The van der Waals surface area contributed by atoms with Crippen molar-refractivity contribution in [2.45, 2.75) is 13.1 Å². The van der Waals surface area contributed by atoms with E-state index >= 15 is 0 Å². The number of amides is 1. The van der Waals surface area contributed by atoms with Crippen LogP contribution in [0.2, 0.25) is 5.02 Å². The highest BCUT2D eigenvalue weighted by atomic mass is 35.5. The predicted molar refractivity (Wildman–Crippen MR) is 122 cm³/mol. The highest BCUT2D eigenvalue weighted by molar-refractivity contribution is 6.30. The van der Waals surface area contributed by atoms with Crippen molar-refractivity contribution in [1.29, 1.82) is 0 Å². The van der Waals surface area contributed by atoms with E-state index in [2.05, 4.69) is 10.4 Å². The Morgan fingerprint density at radius 3 is 2.35 bits per heavy atom. The Morgan fingerprint density at radius 1 is 0.912 bits per heavy atom. The number of aromatic nitrogens is 3. The van der Waals surface area contributed by atoms with E-state index in [4.69, 9.17) is 11.6 Å². The fraction of sp³-hybridized carbons (Fsp3) is 0.0833. The summed E-state index contributed by atoms with van der Waals surface area (Å²) in [5.74, 6) is -1.80. The van der Waals surface area contributed by atoms with Gasteiger partial charge in [-0.3, -0.25) is 14.2 Å². The first-order valence-corrected chi connectivity index (χ1v) is 10.5. The van der Waals surface area contributed by atoms with Crippen LogP contribution in [0.4, 0.5) is 8.78 Å². The van der Waals surface area contributed by atoms with Gasteiger partial charge in [-0.1, -0.05) is 41.9 Å². The first-order valence-electron chi connectivity index (χ1n) is 10.1. The van der Waals surface area contributed by atoms with Crippen molar-refractivity contribution < 1.29 is 13.6 Å². The number of hydrogen-bond acceptors (Lipinski definition) is 4. The van der Waals surface area contributed by atoms with E-state index in [9.17, 15) is 23.2 Å². The molecule has 4 rings (SSSR count). The highest BCUT2D eigenvalue weighted by Crippen LogP contribution is 2.13. The molecule has 3 aromatic carbocycles. The first-order chi connectivity index (χ1) is 16.3. The number of nitrogens with one attached hydrogen (secondary N) is 1. The maximum Gasteiger partial charge on any atom is 0.352 e. The SMILES string of the molecule is O=C(NCc1ccc(F)cc1)c1nn(-c2cccc(Cl)c2)c(=O)n(Cc2cccc(F)c2)c1=O. The van der Waals surface area contributed by atoms with Crippen LogP contribution in [0.5, 0.6) is 0 Å². The fourth-order valence-electron chi connectivity index (χ4n) is 3.26. The van der Waals surface area contributed by atoms with Crippen molar-refractivity contribution in [3.63, 3.8) is 0 Å². The Bertz CT molecular complexity index is 1480. The molecule has 0 fully saturated rings. The minimum atomic E-state index is -0.941. The van der Waals surface area contributed by atoms with E-state index < -0.39 is 34.5 Å². The van der Waals surface area contributed by atoms with Crippen molar-refractivity contribution in [1.82, 2.24) is 19.7 Å². The minimum Gasteiger partial charge on any atom is -0.346 e. The van der Waals surface area contributed by atoms with Crippen LogP contribution >= 0.6 is 11.6 Å². The summed E-state index contributed by atoms with van der Waals surface area (Å²) in [6.45, 7) is -0.281. The third kappa shape index (κ3) is 5.10. The molecule has 10 heteroatoms. The normalized spacial score (nSPS) is 10.8. The van der Waals surface area contributed by atoms with Gasteiger partial charge < -0.3 is 5.32 Å². The van der Waals surface area contributed by atoms with Crippen molar-refractivity contribution in [2.75, 3.05) is 0 Å². The lowest BCUT2D eigenvalue weighted by Gasteiger charge is -2.13. The molecule has 7 nitrogen and oxygen atoms in total. The van der Waals surface area contributed by atoms with Gasteiger partial charge in [0, 0.05) is 11.6 Å². The topological polar surface area (TPSA) is 86.0 Å². The van der Waals surface area contributed by atoms with Gasteiger partial charge in [0.25, 0.3) is 11.5 Å². The fourth-order valence-corrected chi connectivity index (χ4v) is 3.44. The minimum absolute atomic E-state index is 0.000418. The van der Waals surface area contributed by atoms with Crippen LogP contribution in [-0.2, 0) is 13.1 Å². The van der Waals surface area contributed by atoms with E-state index in [1.807, 2.05) is 0 Å². The molecule has 1 amide bonds. The van der Waals surface area contributed by atoms with E-state index in [0.717, 1.165) is 9.25 Å². The Balaban J connectivity index is 1.77. The molecule has 0 aliphatic carbocycles. The smallest absolute Gasteiger partial charge is 0.346 e. The molecule has 0 aliphatic rings. The van der Waals surface area contributed by atoms with Gasteiger partial charge in [-0.25, -0.2) is 13.6 Å². The summed E-state index contributed by atoms with van der Waals surface area (Å²) < 4.78 is 28.5. The molecule has 0 saturated heterocycles. The zero-order valence-electron chi connectivity index (χ0n) is 17.5. The zero-order chi connectivity index (χ0) is 24.2. The molecule has 1 aromatic heterocycles. The quantitative estimate of drug-likeness (QED) is 0.457. The predicted octanol–water partition coefficient (Wildman–Crippen LogP) is 3.30. The lowest BCUT2D eigenvalue weighted by atomic mass is 10.2. The van der Waals surface area contributed by atoms with E-state index in [1.54, 1.807) is 18.2 Å². The van der Waals surface area contributed by atoms with E-state index in [0.29, 0.717) is 16.1 Å². The lowest BCUT2D eigenvalue weighted by Crippen LogP contribution is -2.46. The van der Waals surface area contributed by atoms with Gasteiger partial charge in [0.1, 0.15) is 11.6 Å². The lowest BCUT2D eigenvalue weighted by molar-refractivity contribution is 0.0941. The average Bonchev–Trinajstić information content (AvgIpc) is 2.81. The summed E-state index contributed by atoms with van der Waals surface area (Å²) in [7, 11) is 0. The highest BCUT2D eigenvalue weighted by Gasteiger charge is 2.20. The van der Waals surface area contributed by atoms with Crippen LogP contribution in [-0.4, -0.2) is 20.3 Å². The summed E-state index contributed by atoms with van der Waals surface area (Å²) in [5.41, 5.74) is -1.13. The van der Waals surface area contributed by atoms with Gasteiger partial charge in [0.15, 0.2) is 0 Å². The van der Waals surface area contributed by atoms with Gasteiger partial charge in [-0.15, -0.1) is 0 Å². The number of carbonyl (C=O) groups is 1. The molecule has 172 valence electrons. The number of hydrogen-bond donors (Lipinski definition) is 1. The van der Waals surface area contributed by atoms with Crippen LogP contribution in [0.25, 0.3) is 5.69 Å². The van der Waals surface area contributed by atoms with Crippen LogP contribution in [0.3, 0.4) is 0 Å². The van der Waals surface area contributed by atoms with Crippen molar-refractivity contribution in [3.8, 4) is 5.69 Å². The Kier molecular flexibility index (Phi) is 6.65. The molecule has 1 heterocycles. The zero-order valence-corrected chi connectivity index (χ0v) is 18.3. The molecule has 4 aromatic rings. The van der Waals surface area contributed by atoms with E-state index in [-0.39, 0.29) is 18.8 Å².